The maximum Gasteiger partial charge on any atom is 0.573 e. The highest BCUT2D eigenvalue weighted by molar-refractivity contribution is 6.10. The number of ether oxygens (including phenoxy) is 2. The van der Waals surface area contributed by atoms with Crippen molar-refractivity contribution >= 4 is 5.78 Å². The Kier molecular flexibility index (Phi) is 10.8. The summed E-state index contributed by atoms with van der Waals surface area (Å²) in [5.41, 5.74) is -1.72. The van der Waals surface area contributed by atoms with Gasteiger partial charge in [-0.1, -0.05) is 74.5 Å². The maximum absolute atomic E-state index is 14.8. The van der Waals surface area contributed by atoms with Gasteiger partial charge in [0.2, 0.25) is 0 Å². The highest BCUT2D eigenvalue weighted by Gasteiger charge is 2.74. The summed E-state index contributed by atoms with van der Waals surface area (Å²) in [6, 6.07) is 18.3. The molecule has 59 heavy (non-hydrogen) atoms. The smallest absolute Gasteiger partial charge is 0.406 e. The minimum atomic E-state index is -4.84. The first-order chi connectivity index (χ1) is 27.9. The normalized spacial score (nSPS) is 33.9. The van der Waals surface area contributed by atoms with Crippen molar-refractivity contribution in [3.63, 3.8) is 0 Å². The van der Waals surface area contributed by atoms with E-state index < -0.39 is 57.8 Å². The van der Waals surface area contributed by atoms with Gasteiger partial charge in [-0.3, -0.25) is 9.69 Å². The second-order valence-electron chi connectivity index (χ2n) is 18.3. The van der Waals surface area contributed by atoms with Crippen molar-refractivity contribution in [2.75, 3.05) is 19.7 Å². The number of aliphatic hydroxyl groups excluding tert-OH is 2. The van der Waals surface area contributed by atoms with Crippen LogP contribution in [0, 0.1) is 45.1 Å². The molecule has 0 heterocycles. The topological polar surface area (TPSA) is 99.5 Å². The van der Waals surface area contributed by atoms with Gasteiger partial charge in [-0.05, 0) is 104 Å². The quantitative estimate of drug-likeness (QED) is 0.0902. The first kappa shape index (κ1) is 41.8. The first-order valence-corrected chi connectivity index (χ1v) is 20.6. The molecule has 3 fully saturated rings. The fraction of sp³-hybridized carbons (Fsp3) is 0.511. The molecule has 6 aliphatic carbocycles. The molecule has 9 rings (SSSR count). The third kappa shape index (κ3) is 7.26. The zero-order chi connectivity index (χ0) is 42.0. The van der Waals surface area contributed by atoms with E-state index >= 15 is 0 Å². The van der Waals surface area contributed by atoms with Crippen molar-refractivity contribution in [2.24, 2.45) is 33.5 Å². The van der Waals surface area contributed by atoms with E-state index in [4.69, 9.17) is 4.74 Å². The average molecular weight is 822 g/mol. The van der Waals surface area contributed by atoms with Crippen molar-refractivity contribution in [3.05, 3.63) is 125 Å². The number of hydrogen-bond acceptors (Lipinski definition) is 7. The van der Waals surface area contributed by atoms with Crippen LogP contribution >= 0.6 is 0 Å². The van der Waals surface area contributed by atoms with Crippen LogP contribution in [0.3, 0.4) is 0 Å². The van der Waals surface area contributed by atoms with E-state index in [2.05, 4.69) is 30.7 Å². The van der Waals surface area contributed by atoms with Gasteiger partial charge in [0, 0.05) is 47.0 Å². The molecule has 0 amide bonds. The zero-order valence-electron chi connectivity index (χ0n) is 33.4. The number of nitrogens with zero attached hydrogens (tertiary/aromatic N) is 1. The van der Waals surface area contributed by atoms with Crippen LogP contribution in [-0.2, 0) is 17.9 Å². The molecule has 3 aromatic rings. The number of alkyl halides is 3. The Hall–Kier alpha value is -3.94. The third-order valence-electron chi connectivity index (χ3n) is 15.1. The van der Waals surface area contributed by atoms with Crippen LogP contribution < -0.4 is 4.74 Å². The minimum absolute atomic E-state index is 0.00688. The fourth-order valence-corrected chi connectivity index (χ4v) is 12.2. The predicted molar refractivity (Wildman–Crippen MR) is 210 cm³/mol. The van der Waals surface area contributed by atoms with Gasteiger partial charge in [0.15, 0.2) is 17.4 Å². The number of Topliss-reactive ketones (excluding diaryl/α,β-unsaturated/α-hetero) is 1. The molecule has 3 saturated carbocycles. The second kappa shape index (κ2) is 15.2. The molecule has 3 aromatic carbocycles. The molecule has 316 valence electrons. The SMILES string of the molecule is C[C@]12CC[C@H]3[C@]4(C=C[C@@]5(C=C4C(=O)c4ccc(F)c(F)c4)CC(O)CC[C@]35C)[C@@H]1CC[C@@]2(O)CN(Cc1ccc(OC(F)(F)F)cc1)C[C@@H](O)COCc1ccccc1. The second-order valence-corrected chi connectivity index (χ2v) is 18.3. The van der Waals surface area contributed by atoms with Crippen LogP contribution in [0.15, 0.2) is 96.6 Å². The number of allylic oxidation sites excluding steroid dienone is 4. The van der Waals surface area contributed by atoms with Crippen LogP contribution in [0.4, 0.5) is 22.0 Å². The molecule has 0 saturated heterocycles. The number of ketones is 1. The Balaban J connectivity index is 1.12. The van der Waals surface area contributed by atoms with Crippen LogP contribution in [-0.4, -0.2) is 69.9 Å². The highest BCUT2D eigenvalue weighted by atomic mass is 19.4. The lowest BCUT2D eigenvalue weighted by Gasteiger charge is -2.71. The van der Waals surface area contributed by atoms with Crippen LogP contribution in [0.2, 0.25) is 0 Å². The van der Waals surface area contributed by atoms with E-state index in [1.165, 1.54) is 30.3 Å². The Morgan fingerprint density at radius 3 is 2.29 bits per heavy atom. The average Bonchev–Trinajstić information content (AvgIpc) is 3.45. The van der Waals surface area contributed by atoms with Crippen molar-refractivity contribution < 1.29 is 51.5 Å². The summed E-state index contributed by atoms with van der Waals surface area (Å²) < 4.78 is 77.6. The number of carbonyl (C=O) groups is 1. The summed E-state index contributed by atoms with van der Waals surface area (Å²) >= 11 is 0. The van der Waals surface area contributed by atoms with Crippen molar-refractivity contribution in [1.82, 2.24) is 4.90 Å². The van der Waals surface area contributed by atoms with E-state index in [9.17, 15) is 42.1 Å². The van der Waals surface area contributed by atoms with Gasteiger partial charge in [0.05, 0.1) is 31.0 Å². The molecule has 2 spiro atoms. The van der Waals surface area contributed by atoms with E-state index in [0.29, 0.717) is 49.7 Å². The Morgan fingerprint density at radius 2 is 1.58 bits per heavy atom. The molecular formula is C47H52F5NO6. The standard InChI is InChI=1S/C47H52F5NO6/c1-42-17-14-33(54)23-44(42)20-21-46(36(24-44)41(56)32-10-13-37(48)38(49)22-32)39(42)15-18-43(2)40(46)16-19-45(43,57)29-53(25-30-8-11-35(12-9-30)59-47(50,51)52)26-34(55)28-58-27-31-6-4-3-5-7-31/h3-13,20-22,24,33-34,39-40,54-55,57H,14-19,23,25-29H2,1-2H3/t33?,34-,39-,40-,42-,43+,44+,45-,46-/m1/s1. The molecule has 7 nitrogen and oxygen atoms in total. The molecule has 12 heteroatoms. The van der Waals surface area contributed by atoms with Gasteiger partial charge in [-0.2, -0.15) is 0 Å². The molecule has 2 bridgehead atoms. The third-order valence-corrected chi connectivity index (χ3v) is 15.1. The molecule has 0 aliphatic heterocycles. The van der Waals surface area contributed by atoms with Gasteiger partial charge in [-0.25, -0.2) is 8.78 Å². The Morgan fingerprint density at radius 1 is 0.881 bits per heavy atom. The van der Waals surface area contributed by atoms with Crippen LogP contribution in [0.25, 0.3) is 0 Å². The molecule has 6 aliphatic rings. The van der Waals surface area contributed by atoms with Crippen LogP contribution in [0.5, 0.6) is 5.75 Å². The lowest BCUT2D eigenvalue weighted by Crippen LogP contribution is -2.67. The number of aliphatic hydroxyl groups is 3. The molecule has 9 atom stereocenters. The van der Waals surface area contributed by atoms with E-state index in [0.717, 1.165) is 24.1 Å². The van der Waals surface area contributed by atoms with Crippen LogP contribution in [0.1, 0.15) is 80.3 Å². The molecule has 0 radical (unpaired) electrons. The van der Waals surface area contributed by atoms with Crippen molar-refractivity contribution in [2.45, 2.75) is 96.1 Å². The summed E-state index contributed by atoms with van der Waals surface area (Å²) in [4.78, 5) is 16.7. The number of hydrogen-bond donors (Lipinski definition) is 3. The molecular weight excluding hydrogens is 770 g/mol. The predicted octanol–water partition coefficient (Wildman–Crippen LogP) is 8.72. The summed E-state index contributed by atoms with van der Waals surface area (Å²) in [6.45, 7) is 5.04. The Labute approximate surface area is 341 Å². The first-order valence-electron chi connectivity index (χ1n) is 20.6. The number of fused-ring (bicyclic) bond motifs is 1. The summed E-state index contributed by atoms with van der Waals surface area (Å²) in [6.07, 6.45) is 4.02. The number of benzene rings is 3. The van der Waals surface area contributed by atoms with Gasteiger partial charge in [0.25, 0.3) is 0 Å². The maximum atomic E-state index is 14.8. The number of halogens is 5. The van der Waals surface area contributed by atoms with Gasteiger partial charge in [0.1, 0.15) is 5.75 Å². The van der Waals surface area contributed by atoms with E-state index in [-0.39, 0.29) is 61.4 Å². The van der Waals surface area contributed by atoms with E-state index in [1.54, 1.807) is 0 Å². The van der Waals surface area contributed by atoms with Gasteiger partial charge < -0.3 is 24.8 Å². The monoisotopic (exact) mass is 821 g/mol. The van der Waals surface area contributed by atoms with Gasteiger partial charge >= 0.3 is 6.36 Å². The largest absolute Gasteiger partial charge is 0.573 e. The molecule has 0 aromatic heterocycles. The van der Waals surface area contributed by atoms with Crippen molar-refractivity contribution in [1.29, 1.82) is 0 Å². The number of rotatable bonds is 13. The molecule has 1 unspecified atom stereocenters. The highest BCUT2D eigenvalue weighted by Crippen LogP contribution is 2.78. The minimum Gasteiger partial charge on any atom is -0.406 e. The fourth-order valence-electron chi connectivity index (χ4n) is 12.2. The Bertz CT molecular complexity index is 2110. The van der Waals surface area contributed by atoms with E-state index in [1.807, 2.05) is 41.3 Å². The lowest BCUT2D eigenvalue weighted by molar-refractivity contribution is -0.274. The summed E-state index contributed by atoms with van der Waals surface area (Å²) in [5, 5.41) is 35.4. The summed E-state index contributed by atoms with van der Waals surface area (Å²) in [7, 11) is 0. The zero-order valence-corrected chi connectivity index (χ0v) is 33.4. The number of carbonyl (C=O) groups excluding carboxylic acids is 1. The van der Waals surface area contributed by atoms with Crippen molar-refractivity contribution in [3.8, 4) is 5.75 Å². The lowest BCUT2D eigenvalue weighted by atomic mass is 9.32. The summed E-state index contributed by atoms with van der Waals surface area (Å²) in [5.74, 6) is -3.18. The molecule has 3 N–H and O–H groups in total. The van der Waals surface area contributed by atoms with Gasteiger partial charge in [-0.15, -0.1) is 13.2 Å².